The summed E-state index contributed by atoms with van der Waals surface area (Å²) in [4.78, 5) is 15.4. The molecule has 3 rings (SSSR count). The number of imidazole rings is 1. The third-order valence-electron chi connectivity index (χ3n) is 4.64. The number of nitro groups is 1. The predicted octanol–water partition coefficient (Wildman–Crippen LogP) is 4.37. The summed E-state index contributed by atoms with van der Waals surface area (Å²) in [5.41, 5.74) is 1.68. The van der Waals surface area contributed by atoms with E-state index in [-0.39, 0.29) is 16.7 Å². The normalized spacial score (nSPS) is 17.6. The Balaban J connectivity index is 1.86. The van der Waals surface area contributed by atoms with Crippen molar-refractivity contribution in [2.75, 3.05) is 6.61 Å². The lowest BCUT2D eigenvalue weighted by Gasteiger charge is -2.23. The van der Waals surface area contributed by atoms with E-state index >= 15 is 0 Å². The van der Waals surface area contributed by atoms with Crippen molar-refractivity contribution >= 4 is 5.69 Å². The van der Waals surface area contributed by atoms with Gasteiger partial charge < -0.3 is 9.30 Å². The van der Waals surface area contributed by atoms with Crippen LogP contribution in [0.5, 0.6) is 0 Å². The summed E-state index contributed by atoms with van der Waals surface area (Å²) in [7, 11) is 0. The molecule has 1 aromatic carbocycles. The maximum Gasteiger partial charge on any atom is 0.270 e. The minimum absolute atomic E-state index is 0.0952. The molecule has 6 nitrogen and oxygen atoms in total. The van der Waals surface area contributed by atoms with Crippen LogP contribution in [0.2, 0.25) is 0 Å². The van der Waals surface area contributed by atoms with Gasteiger partial charge in [-0.1, -0.05) is 25.5 Å². The molecule has 0 radical (unpaired) electrons. The fourth-order valence-corrected chi connectivity index (χ4v) is 3.24. The molecule has 2 aromatic rings. The third kappa shape index (κ3) is 4.45. The first-order valence-electron chi connectivity index (χ1n) is 9.10. The minimum Gasteiger partial charge on any atom is -0.376 e. The van der Waals surface area contributed by atoms with Gasteiger partial charge in [-0.2, -0.15) is 0 Å². The summed E-state index contributed by atoms with van der Waals surface area (Å²) in [6, 6.07) is 6.69. The highest BCUT2D eigenvalue weighted by molar-refractivity contribution is 5.62. The second-order valence-electron chi connectivity index (χ2n) is 6.59. The highest BCUT2D eigenvalue weighted by Gasteiger charge is 2.18. The van der Waals surface area contributed by atoms with E-state index in [0.717, 1.165) is 62.3 Å². The van der Waals surface area contributed by atoms with E-state index in [4.69, 9.17) is 9.72 Å². The molecular weight excluding hydrogens is 318 g/mol. The summed E-state index contributed by atoms with van der Waals surface area (Å²) in [5, 5.41) is 11.0. The molecule has 0 spiro atoms. The van der Waals surface area contributed by atoms with Gasteiger partial charge >= 0.3 is 0 Å². The lowest BCUT2D eigenvalue weighted by molar-refractivity contribution is -0.384. The third-order valence-corrected chi connectivity index (χ3v) is 4.64. The molecule has 0 bridgehead atoms. The van der Waals surface area contributed by atoms with Crippen LogP contribution in [0.15, 0.2) is 30.5 Å². The first kappa shape index (κ1) is 17.6. The smallest absolute Gasteiger partial charge is 0.270 e. The predicted molar refractivity (Wildman–Crippen MR) is 96.5 cm³/mol. The molecule has 1 atom stereocenters. The molecule has 1 aliphatic rings. The van der Waals surface area contributed by atoms with Crippen molar-refractivity contribution in [3.05, 3.63) is 46.4 Å². The maximum absolute atomic E-state index is 11.0. The minimum atomic E-state index is -0.367. The van der Waals surface area contributed by atoms with Gasteiger partial charge in [0.25, 0.3) is 5.69 Å². The van der Waals surface area contributed by atoms with Crippen LogP contribution in [0.3, 0.4) is 0 Å². The van der Waals surface area contributed by atoms with E-state index in [1.54, 1.807) is 12.1 Å². The Kier molecular flexibility index (Phi) is 5.81. The van der Waals surface area contributed by atoms with Crippen molar-refractivity contribution < 1.29 is 9.66 Å². The molecule has 134 valence electrons. The van der Waals surface area contributed by atoms with E-state index in [1.807, 2.05) is 12.3 Å². The summed E-state index contributed by atoms with van der Waals surface area (Å²) < 4.78 is 8.05. The summed E-state index contributed by atoms with van der Waals surface area (Å²) in [5.74, 6) is 1.04. The van der Waals surface area contributed by atoms with Gasteiger partial charge in [0.1, 0.15) is 5.82 Å². The van der Waals surface area contributed by atoms with Crippen molar-refractivity contribution in [3.8, 4) is 11.3 Å². The van der Waals surface area contributed by atoms with E-state index in [2.05, 4.69) is 11.5 Å². The zero-order chi connectivity index (χ0) is 17.6. The van der Waals surface area contributed by atoms with Crippen LogP contribution in [-0.4, -0.2) is 27.2 Å². The molecular formula is C19H25N3O3. The van der Waals surface area contributed by atoms with Gasteiger partial charge in [0.15, 0.2) is 0 Å². The molecule has 0 aliphatic carbocycles. The van der Waals surface area contributed by atoms with Crippen LogP contribution in [-0.2, 0) is 17.7 Å². The van der Waals surface area contributed by atoms with Gasteiger partial charge in [-0.15, -0.1) is 0 Å². The molecule has 1 aliphatic heterocycles. The first-order valence-corrected chi connectivity index (χ1v) is 9.10. The highest BCUT2D eigenvalue weighted by Crippen LogP contribution is 2.25. The lowest BCUT2D eigenvalue weighted by atomic mass is 10.1. The summed E-state index contributed by atoms with van der Waals surface area (Å²) in [6.45, 7) is 3.81. The van der Waals surface area contributed by atoms with Crippen LogP contribution in [0.1, 0.15) is 44.9 Å². The number of benzene rings is 1. The number of nitrogens with zero attached hydrogens (tertiary/aromatic N) is 3. The maximum atomic E-state index is 11.0. The Morgan fingerprint density at radius 2 is 2.28 bits per heavy atom. The molecule has 1 saturated heterocycles. The molecule has 0 N–H and O–H groups in total. The van der Waals surface area contributed by atoms with Crippen molar-refractivity contribution in [2.24, 2.45) is 0 Å². The van der Waals surface area contributed by atoms with E-state index in [1.165, 1.54) is 12.5 Å². The van der Waals surface area contributed by atoms with Crippen LogP contribution in [0, 0.1) is 10.1 Å². The van der Waals surface area contributed by atoms with E-state index in [0.29, 0.717) is 0 Å². The van der Waals surface area contributed by atoms with Gasteiger partial charge in [0.05, 0.1) is 23.3 Å². The fourth-order valence-electron chi connectivity index (χ4n) is 3.24. The Bertz CT molecular complexity index is 720. The van der Waals surface area contributed by atoms with Crippen LogP contribution < -0.4 is 0 Å². The quantitative estimate of drug-likeness (QED) is 0.553. The zero-order valence-electron chi connectivity index (χ0n) is 14.7. The first-order chi connectivity index (χ1) is 12.2. The zero-order valence-corrected chi connectivity index (χ0v) is 14.7. The number of ether oxygens (including phenoxy) is 1. The summed E-state index contributed by atoms with van der Waals surface area (Å²) >= 11 is 0. The molecule has 0 saturated carbocycles. The number of aryl methyl sites for hydroxylation is 1. The topological polar surface area (TPSA) is 70.2 Å². The van der Waals surface area contributed by atoms with E-state index in [9.17, 15) is 10.1 Å². The van der Waals surface area contributed by atoms with Gasteiger partial charge in [-0.3, -0.25) is 10.1 Å². The fraction of sp³-hybridized carbons (Fsp3) is 0.526. The average Bonchev–Trinajstić information content (AvgIpc) is 3.03. The van der Waals surface area contributed by atoms with Crippen molar-refractivity contribution in [2.45, 2.75) is 58.1 Å². The van der Waals surface area contributed by atoms with Crippen LogP contribution >= 0.6 is 0 Å². The monoisotopic (exact) mass is 343 g/mol. The molecule has 6 heteroatoms. The van der Waals surface area contributed by atoms with Gasteiger partial charge in [0.2, 0.25) is 0 Å². The molecule has 1 fully saturated rings. The number of aromatic nitrogens is 2. The standard InChI is InChI=1S/C19H25N3O3/c1-2-3-10-19-20-18(15-7-6-8-16(12-15)22(23)24)14-21(19)13-17-9-4-5-11-25-17/h6-8,12,14,17H,2-5,9-11,13H2,1H3. The van der Waals surface area contributed by atoms with Crippen molar-refractivity contribution in [1.82, 2.24) is 9.55 Å². The number of rotatable bonds is 7. The Morgan fingerprint density at radius 3 is 3.00 bits per heavy atom. The Hall–Kier alpha value is -2.21. The van der Waals surface area contributed by atoms with Crippen molar-refractivity contribution in [1.29, 1.82) is 0 Å². The average molecular weight is 343 g/mol. The number of hydrogen-bond acceptors (Lipinski definition) is 4. The van der Waals surface area contributed by atoms with E-state index < -0.39 is 0 Å². The molecule has 2 heterocycles. The molecule has 1 unspecified atom stereocenters. The van der Waals surface area contributed by atoms with Crippen LogP contribution in [0.4, 0.5) is 5.69 Å². The SMILES string of the molecule is CCCCc1nc(-c2cccc([N+](=O)[O-])c2)cn1CC1CCCCO1. The largest absolute Gasteiger partial charge is 0.376 e. The second kappa shape index (κ2) is 8.25. The number of unbranched alkanes of at least 4 members (excludes halogenated alkanes) is 1. The highest BCUT2D eigenvalue weighted by atomic mass is 16.6. The van der Waals surface area contributed by atoms with Crippen molar-refractivity contribution in [3.63, 3.8) is 0 Å². The van der Waals surface area contributed by atoms with Gasteiger partial charge in [-0.25, -0.2) is 4.98 Å². The number of non-ortho nitro benzene ring substituents is 1. The Morgan fingerprint density at radius 1 is 1.40 bits per heavy atom. The molecule has 25 heavy (non-hydrogen) atoms. The summed E-state index contributed by atoms with van der Waals surface area (Å²) in [6.07, 6.45) is 8.79. The molecule has 0 amide bonds. The number of nitro benzene ring substituents is 1. The molecule has 1 aromatic heterocycles. The van der Waals surface area contributed by atoms with Crippen LogP contribution in [0.25, 0.3) is 11.3 Å². The number of hydrogen-bond donors (Lipinski definition) is 0. The van der Waals surface area contributed by atoms with Gasteiger partial charge in [0, 0.05) is 36.9 Å². The Labute approximate surface area is 148 Å². The second-order valence-corrected chi connectivity index (χ2v) is 6.59. The lowest BCUT2D eigenvalue weighted by Crippen LogP contribution is -2.25. The van der Waals surface area contributed by atoms with Gasteiger partial charge in [-0.05, 0) is 25.7 Å².